The van der Waals surface area contributed by atoms with Crippen LogP contribution >= 0.6 is 0 Å². The number of nitrogens with zero attached hydrogens (tertiary/aromatic N) is 1. The van der Waals surface area contributed by atoms with Gasteiger partial charge in [-0.05, 0) is 30.8 Å². The Morgan fingerprint density at radius 3 is 2.71 bits per heavy atom. The first-order chi connectivity index (χ1) is 7.84. The Balaban J connectivity index is 2.65. The molecule has 0 aliphatic heterocycles. The zero-order chi connectivity index (χ0) is 12.8. The van der Waals surface area contributed by atoms with Crippen LogP contribution in [0.15, 0.2) is 23.8 Å². The summed E-state index contributed by atoms with van der Waals surface area (Å²) in [6, 6.07) is 2.35. The number of ketones is 1. The van der Waals surface area contributed by atoms with E-state index < -0.39 is 5.41 Å². The zero-order valence-electron chi connectivity index (χ0n) is 10.9. The number of allylic oxidation sites excluding steroid dienone is 4. The van der Waals surface area contributed by atoms with Crippen LogP contribution in [0.4, 0.5) is 0 Å². The first-order valence-corrected chi connectivity index (χ1v) is 6.17. The number of rotatable bonds is 0. The lowest BCUT2D eigenvalue weighted by molar-refractivity contribution is -0.129. The Kier molecular flexibility index (Phi) is 2.54. The van der Waals surface area contributed by atoms with Gasteiger partial charge < -0.3 is 0 Å². The van der Waals surface area contributed by atoms with E-state index in [4.69, 9.17) is 0 Å². The molecule has 0 spiro atoms. The minimum Gasteiger partial charge on any atom is -0.293 e. The van der Waals surface area contributed by atoms with Crippen molar-refractivity contribution in [3.05, 3.63) is 23.8 Å². The summed E-state index contributed by atoms with van der Waals surface area (Å²) in [7, 11) is 0. The lowest BCUT2D eigenvalue weighted by Gasteiger charge is -2.49. The molecular weight excluding hydrogens is 210 g/mol. The molecular formula is C15H19NO. The second kappa shape index (κ2) is 3.57. The highest BCUT2D eigenvalue weighted by Crippen LogP contribution is 2.55. The molecule has 2 aliphatic carbocycles. The molecule has 0 aromatic carbocycles. The number of hydrogen-bond donors (Lipinski definition) is 0. The van der Waals surface area contributed by atoms with Crippen molar-refractivity contribution in [3.63, 3.8) is 0 Å². The highest BCUT2D eigenvalue weighted by Gasteiger charge is 2.56. The van der Waals surface area contributed by atoms with Gasteiger partial charge in [-0.3, -0.25) is 4.79 Å². The summed E-state index contributed by atoms with van der Waals surface area (Å²) >= 11 is 0. The maximum atomic E-state index is 12.2. The third kappa shape index (κ3) is 1.49. The second-order valence-corrected chi connectivity index (χ2v) is 6.06. The molecule has 0 saturated carbocycles. The molecule has 90 valence electrons. The molecule has 0 heterocycles. The van der Waals surface area contributed by atoms with E-state index in [1.165, 1.54) is 5.57 Å². The standard InChI is InChI=1S/C15H19NO/c1-10-7-11(2)15(9-16)12(8-10)14(3,4)6-5-13(15)17/h5-7,11-12H,8H2,1-4H3/t11-,12-,15-/m1/s1. The quantitative estimate of drug-likeness (QED) is 0.598. The minimum atomic E-state index is -0.849. The lowest BCUT2D eigenvalue weighted by Crippen LogP contribution is -2.51. The fourth-order valence-electron chi connectivity index (χ4n) is 3.45. The molecule has 0 fully saturated rings. The molecule has 0 radical (unpaired) electrons. The van der Waals surface area contributed by atoms with Crippen LogP contribution in [-0.4, -0.2) is 5.78 Å². The highest BCUT2D eigenvalue weighted by molar-refractivity contribution is 5.99. The average Bonchev–Trinajstić information content (AvgIpc) is 2.24. The van der Waals surface area contributed by atoms with Crippen LogP contribution < -0.4 is 0 Å². The predicted octanol–water partition coefficient (Wildman–Crippen LogP) is 3.26. The van der Waals surface area contributed by atoms with Gasteiger partial charge in [0.15, 0.2) is 5.78 Å². The summed E-state index contributed by atoms with van der Waals surface area (Å²) in [5, 5.41) is 9.60. The normalized spacial score (nSPS) is 39.2. The summed E-state index contributed by atoms with van der Waals surface area (Å²) in [5.41, 5.74) is 0.357. The van der Waals surface area contributed by atoms with Gasteiger partial charge in [0, 0.05) is 5.92 Å². The monoisotopic (exact) mass is 229 g/mol. The van der Waals surface area contributed by atoms with Crippen LogP contribution in [0.25, 0.3) is 0 Å². The SMILES string of the molecule is CC1=C[C@@H](C)[C@@]2(C#N)C(=O)C=CC(C)(C)[C@H]2C1. The number of carbonyl (C=O) groups is 1. The van der Waals surface area contributed by atoms with E-state index in [1.807, 2.05) is 13.0 Å². The van der Waals surface area contributed by atoms with Gasteiger partial charge in [0.05, 0.1) is 6.07 Å². The second-order valence-electron chi connectivity index (χ2n) is 6.06. The molecule has 0 unspecified atom stereocenters. The zero-order valence-corrected chi connectivity index (χ0v) is 10.9. The van der Waals surface area contributed by atoms with E-state index in [-0.39, 0.29) is 23.0 Å². The maximum Gasteiger partial charge on any atom is 0.176 e. The van der Waals surface area contributed by atoms with Crippen molar-refractivity contribution in [3.8, 4) is 6.07 Å². The first kappa shape index (κ1) is 12.1. The van der Waals surface area contributed by atoms with E-state index in [1.54, 1.807) is 6.08 Å². The van der Waals surface area contributed by atoms with Gasteiger partial charge >= 0.3 is 0 Å². The van der Waals surface area contributed by atoms with Gasteiger partial charge in [0.1, 0.15) is 5.41 Å². The Bertz CT molecular complexity index is 464. The molecule has 2 nitrogen and oxygen atoms in total. The Hall–Kier alpha value is -1.36. The molecule has 0 saturated heterocycles. The van der Waals surface area contributed by atoms with Crippen molar-refractivity contribution < 1.29 is 4.79 Å². The molecule has 0 amide bonds. The van der Waals surface area contributed by atoms with Gasteiger partial charge in [-0.25, -0.2) is 0 Å². The third-order valence-electron chi connectivity index (χ3n) is 4.48. The van der Waals surface area contributed by atoms with E-state index >= 15 is 0 Å². The summed E-state index contributed by atoms with van der Waals surface area (Å²) in [5.74, 6) is 0.0843. The van der Waals surface area contributed by atoms with Gasteiger partial charge in [0.2, 0.25) is 0 Å². The van der Waals surface area contributed by atoms with Crippen LogP contribution in [0.1, 0.15) is 34.1 Å². The van der Waals surface area contributed by atoms with Crippen LogP contribution in [-0.2, 0) is 4.79 Å². The van der Waals surface area contributed by atoms with Crippen molar-refractivity contribution in [1.82, 2.24) is 0 Å². The summed E-state index contributed by atoms with van der Waals surface area (Å²) in [6.07, 6.45) is 6.53. The van der Waals surface area contributed by atoms with Crippen LogP contribution in [0.2, 0.25) is 0 Å². The maximum absolute atomic E-state index is 12.2. The third-order valence-corrected chi connectivity index (χ3v) is 4.48. The molecule has 0 aromatic heterocycles. The molecule has 17 heavy (non-hydrogen) atoms. The smallest absolute Gasteiger partial charge is 0.176 e. The van der Waals surface area contributed by atoms with E-state index in [2.05, 4.69) is 32.9 Å². The Morgan fingerprint density at radius 2 is 2.12 bits per heavy atom. The van der Waals surface area contributed by atoms with Crippen molar-refractivity contribution in [2.75, 3.05) is 0 Å². The van der Waals surface area contributed by atoms with Gasteiger partial charge in [0.25, 0.3) is 0 Å². The molecule has 3 atom stereocenters. The number of nitriles is 1. The fourth-order valence-corrected chi connectivity index (χ4v) is 3.45. The highest BCUT2D eigenvalue weighted by atomic mass is 16.1. The van der Waals surface area contributed by atoms with Gasteiger partial charge in [-0.15, -0.1) is 0 Å². The number of hydrogen-bond acceptors (Lipinski definition) is 2. The number of fused-ring (bicyclic) bond motifs is 1. The summed E-state index contributed by atoms with van der Waals surface area (Å²) in [4.78, 5) is 12.2. The van der Waals surface area contributed by atoms with E-state index in [0.717, 1.165) is 6.42 Å². The number of carbonyl (C=O) groups excluding carboxylic acids is 1. The molecule has 2 heteroatoms. The summed E-state index contributed by atoms with van der Waals surface area (Å²) < 4.78 is 0. The topological polar surface area (TPSA) is 40.9 Å². The minimum absolute atomic E-state index is 0.00275. The Labute approximate surface area is 103 Å². The van der Waals surface area contributed by atoms with Crippen molar-refractivity contribution >= 4 is 5.78 Å². The molecule has 2 rings (SSSR count). The molecule has 0 N–H and O–H groups in total. The van der Waals surface area contributed by atoms with Crippen LogP contribution in [0.3, 0.4) is 0 Å². The van der Waals surface area contributed by atoms with Crippen molar-refractivity contribution in [2.45, 2.75) is 34.1 Å². The molecule has 2 aliphatic rings. The Morgan fingerprint density at radius 1 is 1.47 bits per heavy atom. The van der Waals surface area contributed by atoms with E-state index in [0.29, 0.717) is 0 Å². The van der Waals surface area contributed by atoms with Gasteiger partial charge in [-0.2, -0.15) is 5.26 Å². The van der Waals surface area contributed by atoms with Crippen molar-refractivity contribution in [2.24, 2.45) is 22.7 Å². The van der Waals surface area contributed by atoms with Gasteiger partial charge in [-0.1, -0.05) is 38.5 Å². The van der Waals surface area contributed by atoms with Crippen LogP contribution in [0.5, 0.6) is 0 Å². The predicted molar refractivity (Wildman–Crippen MR) is 67.0 cm³/mol. The van der Waals surface area contributed by atoms with Crippen molar-refractivity contribution in [1.29, 1.82) is 5.26 Å². The largest absolute Gasteiger partial charge is 0.293 e. The molecule has 0 bridgehead atoms. The van der Waals surface area contributed by atoms with E-state index in [9.17, 15) is 10.1 Å². The first-order valence-electron chi connectivity index (χ1n) is 6.17. The summed E-state index contributed by atoms with van der Waals surface area (Å²) in [6.45, 7) is 8.33. The lowest BCUT2D eigenvalue weighted by atomic mass is 9.51. The van der Waals surface area contributed by atoms with Crippen LogP contribution in [0, 0.1) is 34.0 Å². The fraction of sp³-hybridized carbons (Fsp3) is 0.600. The molecule has 0 aromatic rings. The average molecular weight is 229 g/mol.